The Morgan fingerprint density at radius 1 is 1.16 bits per heavy atom. The van der Waals surface area contributed by atoms with Crippen LogP contribution in [0.1, 0.15) is 22.9 Å². The van der Waals surface area contributed by atoms with Crippen molar-refractivity contribution in [1.82, 2.24) is 0 Å². The summed E-state index contributed by atoms with van der Waals surface area (Å²) < 4.78 is 14.5. The lowest BCUT2D eigenvalue weighted by molar-refractivity contribution is 0.343. The monoisotopic (exact) mass is 275 g/mol. The molecule has 1 nitrogen and oxygen atoms in total. The molecule has 0 saturated carbocycles. The zero-order valence-corrected chi connectivity index (χ0v) is 11.3. The number of benzene rings is 2. The van der Waals surface area contributed by atoms with Gasteiger partial charge in [0.1, 0.15) is 6.17 Å². The van der Waals surface area contributed by atoms with Crippen molar-refractivity contribution >= 4 is 17.3 Å². The second-order valence-corrected chi connectivity index (χ2v) is 5.29. The first-order valence-electron chi connectivity index (χ1n) is 6.48. The van der Waals surface area contributed by atoms with Crippen LogP contribution >= 0.6 is 11.6 Å². The maximum atomic E-state index is 14.5. The number of alkyl halides is 1. The molecule has 0 saturated heterocycles. The van der Waals surface area contributed by atoms with E-state index in [9.17, 15) is 4.39 Å². The molecule has 3 heteroatoms. The van der Waals surface area contributed by atoms with Gasteiger partial charge in [-0.2, -0.15) is 0 Å². The number of nitrogens with one attached hydrogen (secondary N) is 1. The second-order valence-electron chi connectivity index (χ2n) is 4.86. The van der Waals surface area contributed by atoms with Gasteiger partial charge in [-0.3, -0.25) is 0 Å². The molecule has 0 amide bonds. The van der Waals surface area contributed by atoms with Crippen LogP contribution in [0, 0.1) is 0 Å². The Balaban J connectivity index is 1.83. The molecule has 1 heterocycles. The van der Waals surface area contributed by atoms with Gasteiger partial charge in [-0.25, -0.2) is 4.39 Å². The zero-order chi connectivity index (χ0) is 13.2. The number of hydrogen-bond acceptors (Lipinski definition) is 1. The molecule has 1 atom stereocenters. The molecule has 1 unspecified atom stereocenters. The Labute approximate surface area is 117 Å². The Morgan fingerprint density at radius 2 is 1.95 bits per heavy atom. The van der Waals surface area contributed by atoms with Crippen LogP contribution in [-0.4, -0.2) is 6.54 Å². The molecular formula is C16H15ClFN. The summed E-state index contributed by atoms with van der Waals surface area (Å²) in [4.78, 5) is 0. The molecule has 1 aliphatic heterocycles. The Kier molecular flexibility index (Phi) is 3.43. The van der Waals surface area contributed by atoms with E-state index in [4.69, 9.17) is 11.6 Å². The fourth-order valence-electron chi connectivity index (χ4n) is 2.56. The average molecular weight is 276 g/mol. The van der Waals surface area contributed by atoms with E-state index >= 15 is 0 Å². The van der Waals surface area contributed by atoms with Gasteiger partial charge < -0.3 is 5.32 Å². The molecule has 0 fully saturated rings. The Morgan fingerprint density at radius 3 is 2.74 bits per heavy atom. The van der Waals surface area contributed by atoms with Crippen molar-refractivity contribution in [2.24, 2.45) is 0 Å². The predicted octanol–water partition coefficient (Wildman–Crippen LogP) is 4.56. The van der Waals surface area contributed by atoms with Gasteiger partial charge in [0.05, 0.1) is 0 Å². The van der Waals surface area contributed by atoms with Crippen LogP contribution in [0.3, 0.4) is 0 Å². The smallest absolute Gasteiger partial charge is 0.131 e. The first-order valence-corrected chi connectivity index (χ1v) is 6.86. The number of halogens is 2. The minimum atomic E-state index is -0.985. The first kappa shape index (κ1) is 12.5. The highest BCUT2D eigenvalue weighted by molar-refractivity contribution is 6.30. The van der Waals surface area contributed by atoms with Gasteiger partial charge in [0.2, 0.25) is 0 Å². The summed E-state index contributed by atoms with van der Waals surface area (Å²) in [7, 11) is 0. The van der Waals surface area contributed by atoms with Gasteiger partial charge in [0, 0.05) is 29.2 Å². The van der Waals surface area contributed by atoms with E-state index in [1.165, 1.54) is 5.56 Å². The summed E-state index contributed by atoms with van der Waals surface area (Å²) in [6.07, 6.45) is 0.383. The minimum absolute atomic E-state index is 0.384. The van der Waals surface area contributed by atoms with E-state index in [1.54, 1.807) is 12.1 Å². The van der Waals surface area contributed by atoms with Gasteiger partial charge >= 0.3 is 0 Å². The van der Waals surface area contributed by atoms with Gasteiger partial charge in [0.15, 0.2) is 0 Å². The molecule has 2 aromatic rings. The molecule has 0 bridgehead atoms. The quantitative estimate of drug-likeness (QED) is 0.866. The fraction of sp³-hybridized carbons (Fsp3) is 0.250. The number of hydrogen-bond donors (Lipinski definition) is 1. The highest BCUT2D eigenvalue weighted by Gasteiger charge is 2.20. The predicted molar refractivity (Wildman–Crippen MR) is 77.6 cm³/mol. The van der Waals surface area contributed by atoms with Gasteiger partial charge in [-0.1, -0.05) is 41.9 Å². The lowest BCUT2D eigenvalue weighted by atomic mass is 9.99. The number of para-hydroxylation sites is 1. The average Bonchev–Trinajstić information content (AvgIpc) is 2.89. The van der Waals surface area contributed by atoms with E-state index in [1.807, 2.05) is 24.3 Å². The third kappa shape index (κ3) is 2.59. The van der Waals surface area contributed by atoms with Crippen molar-refractivity contribution in [1.29, 1.82) is 0 Å². The first-order chi connectivity index (χ1) is 9.24. The molecule has 19 heavy (non-hydrogen) atoms. The molecular weight excluding hydrogens is 261 g/mol. The van der Waals surface area contributed by atoms with Crippen molar-refractivity contribution in [2.75, 3.05) is 11.9 Å². The summed E-state index contributed by atoms with van der Waals surface area (Å²) in [5, 5.41) is 3.97. The van der Waals surface area contributed by atoms with Crippen molar-refractivity contribution in [3.05, 3.63) is 64.2 Å². The standard InChI is InChI=1S/C16H15ClFN/c17-13-6-4-11(5-7-13)10-15(18)14-3-1-2-12-8-9-19-16(12)14/h1-7,15,19H,8-10H2. The minimum Gasteiger partial charge on any atom is -0.384 e. The van der Waals surface area contributed by atoms with Crippen molar-refractivity contribution < 1.29 is 4.39 Å². The van der Waals surface area contributed by atoms with Crippen LogP contribution in [0.2, 0.25) is 5.02 Å². The highest BCUT2D eigenvalue weighted by Crippen LogP contribution is 2.34. The fourth-order valence-corrected chi connectivity index (χ4v) is 2.69. The second kappa shape index (κ2) is 5.22. The van der Waals surface area contributed by atoms with Gasteiger partial charge in [-0.05, 0) is 29.7 Å². The molecule has 1 aliphatic rings. The largest absolute Gasteiger partial charge is 0.384 e. The Bertz CT molecular complexity index is 580. The molecule has 0 radical (unpaired) electrons. The molecule has 3 rings (SSSR count). The van der Waals surface area contributed by atoms with Crippen LogP contribution in [-0.2, 0) is 12.8 Å². The normalized spacial score (nSPS) is 14.8. The van der Waals surface area contributed by atoms with Crippen molar-refractivity contribution in [3.8, 4) is 0 Å². The van der Waals surface area contributed by atoms with Crippen molar-refractivity contribution in [2.45, 2.75) is 19.0 Å². The number of anilines is 1. The van der Waals surface area contributed by atoms with Gasteiger partial charge in [0.25, 0.3) is 0 Å². The third-order valence-corrected chi connectivity index (χ3v) is 3.80. The number of rotatable bonds is 3. The molecule has 1 N–H and O–H groups in total. The molecule has 0 spiro atoms. The molecule has 0 aliphatic carbocycles. The van der Waals surface area contributed by atoms with E-state index in [0.717, 1.165) is 29.8 Å². The SMILES string of the molecule is FC(Cc1ccc(Cl)cc1)c1cccc2c1NCC2. The lowest BCUT2D eigenvalue weighted by Crippen LogP contribution is -2.01. The van der Waals surface area contributed by atoms with E-state index in [-0.39, 0.29) is 0 Å². The maximum absolute atomic E-state index is 14.5. The van der Waals surface area contributed by atoms with Gasteiger partial charge in [-0.15, -0.1) is 0 Å². The van der Waals surface area contributed by atoms with Crippen molar-refractivity contribution in [3.63, 3.8) is 0 Å². The van der Waals surface area contributed by atoms with Crippen LogP contribution in [0.5, 0.6) is 0 Å². The summed E-state index contributed by atoms with van der Waals surface area (Å²) in [6, 6.07) is 13.2. The highest BCUT2D eigenvalue weighted by atomic mass is 35.5. The number of fused-ring (bicyclic) bond motifs is 1. The summed E-state index contributed by atoms with van der Waals surface area (Å²) in [6.45, 7) is 0.903. The maximum Gasteiger partial charge on any atom is 0.131 e. The van der Waals surface area contributed by atoms with E-state index < -0.39 is 6.17 Å². The topological polar surface area (TPSA) is 12.0 Å². The zero-order valence-electron chi connectivity index (χ0n) is 10.5. The Hall–Kier alpha value is -1.54. The summed E-state index contributed by atoms with van der Waals surface area (Å²) in [5.41, 5.74) is 3.94. The summed E-state index contributed by atoms with van der Waals surface area (Å²) in [5.74, 6) is 0. The third-order valence-electron chi connectivity index (χ3n) is 3.54. The summed E-state index contributed by atoms with van der Waals surface area (Å²) >= 11 is 5.84. The molecule has 0 aromatic heterocycles. The lowest BCUT2D eigenvalue weighted by Gasteiger charge is -2.13. The molecule has 98 valence electrons. The van der Waals surface area contributed by atoms with E-state index in [0.29, 0.717) is 11.4 Å². The van der Waals surface area contributed by atoms with Crippen LogP contribution in [0.4, 0.5) is 10.1 Å². The van der Waals surface area contributed by atoms with Crippen LogP contribution in [0.25, 0.3) is 0 Å². The molecule has 2 aromatic carbocycles. The van der Waals surface area contributed by atoms with E-state index in [2.05, 4.69) is 11.4 Å². The van der Waals surface area contributed by atoms with Crippen LogP contribution < -0.4 is 5.32 Å². The van der Waals surface area contributed by atoms with Crippen LogP contribution in [0.15, 0.2) is 42.5 Å².